The van der Waals surface area contributed by atoms with Crippen LogP contribution in [0.3, 0.4) is 0 Å². The molecule has 0 aliphatic heterocycles. The van der Waals surface area contributed by atoms with Gasteiger partial charge in [-0.1, -0.05) is 12.1 Å². The monoisotopic (exact) mass is 160 g/mol. The SMILES string of the molecule is CC(=O)Nc1ccccc1C#N. The maximum Gasteiger partial charge on any atom is 0.221 e. The predicted octanol–water partition coefficient (Wildman–Crippen LogP) is 1.52. The largest absolute Gasteiger partial charge is 0.325 e. The highest BCUT2D eigenvalue weighted by Gasteiger charge is 2.00. The van der Waals surface area contributed by atoms with Gasteiger partial charge < -0.3 is 5.32 Å². The third kappa shape index (κ3) is 1.83. The Hall–Kier alpha value is -1.82. The molecular weight excluding hydrogens is 152 g/mol. The average molecular weight is 160 g/mol. The quantitative estimate of drug-likeness (QED) is 0.677. The van der Waals surface area contributed by atoms with E-state index >= 15 is 0 Å². The van der Waals surface area contributed by atoms with Crippen LogP contribution < -0.4 is 5.32 Å². The van der Waals surface area contributed by atoms with E-state index in [9.17, 15) is 4.79 Å². The molecule has 1 aromatic carbocycles. The van der Waals surface area contributed by atoms with Gasteiger partial charge in [0, 0.05) is 6.92 Å². The van der Waals surface area contributed by atoms with Gasteiger partial charge in [0.2, 0.25) is 5.91 Å². The minimum atomic E-state index is -0.169. The topological polar surface area (TPSA) is 52.9 Å². The van der Waals surface area contributed by atoms with Crippen molar-refractivity contribution in [3.8, 4) is 6.07 Å². The highest BCUT2D eigenvalue weighted by molar-refractivity contribution is 5.90. The van der Waals surface area contributed by atoms with Crippen LogP contribution in [0.15, 0.2) is 24.3 Å². The van der Waals surface area contributed by atoms with E-state index in [0.717, 1.165) is 0 Å². The minimum absolute atomic E-state index is 0.169. The maximum absolute atomic E-state index is 10.7. The van der Waals surface area contributed by atoms with Crippen LogP contribution in [0.5, 0.6) is 0 Å². The summed E-state index contributed by atoms with van der Waals surface area (Å²) in [4.78, 5) is 10.7. The van der Waals surface area contributed by atoms with Gasteiger partial charge in [0.25, 0.3) is 0 Å². The lowest BCUT2D eigenvalue weighted by molar-refractivity contribution is -0.114. The summed E-state index contributed by atoms with van der Waals surface area (Å²) >= 11 is 0. The molecule has 0 unspecified atom stereocenters. The molecular formula is C9H8N2O. The molecule has 1 rings (SSSR count). The highest BCUT2D eigenvalue weighted by atomic mass is 16.1. The van der Waals surface area contributed by atoms with Gasteiger partial charge in [-0.2, -0.15) is 5.26 Å². The fourth-order valence-electron chi connectivity index (χ4n) is 0.879. The van der Waals surface area contributed by atoms with E-state index in [1.54, 1.807) is 24.3 Å². The molecule has 0 saturated heterocycles. The van der Waals surface area contributed by atoms with Crippen LogP contribution in [0.1, 0.15) is 12.5 Å². The molecule has 0 saturated carbocycles. The Labute approximate surface area is 70.6 Å². The molecule has 1 aromatic rings. The summed E-state index contributed by atoms with van der Waals surface area (Å²) in [6, 6.07) is 8.86. The van der Waals surface area contributed by atoms with Crippen LogP contribution >= 0.6 is 0 Å². The number of rotatable bonds is 1. The first kappa shape index (κ1) is 8.28. The first-order valence-corrected chi connectivity index (χ1v) is 3.51. The number of nitrogens with zero attached hydrogens (tertiary/aromatic N) is 1. The van der Waals surface area contributed by atoms with E-state index < -0.39 is 0 Å². The Morgan fingerprint density at radius 2 is 2.17 bits per heavy atom. The first-order valence-electron chi connectivity index (χ1n) is 3.51. The molecule has 0 aliphatic rings. The van der Waals surface area contributed by atoms with Gasteiger partial charge in [0.1, 0.15) is 6.07 Å². The van der Waals surface area contributed by atoms with Crippen molar-refractivity contribution in [2.24, 2.45) is 0 Å². The molecule has 0 fully saturated rings. The van der Waals surface area contributed by atoms with Gasteiger partial charge in [-0.25, -0.2) is 0 Å². The lowest BCUT2D eigenvalue weighted by Crippen LogP contribution is -2.06. The number of nitrogens with one attached hydrogen (secondary N) is 1. The minimum Gasteiger partial charge on any atom is -0.325 e. The molecule has 0 aliphatic carbocycles. The molecule has 0 atom stereocenters. The number of carbonyl (C=O) groups excluding carboxylic acids is 1. The van der Waals surface area contributed by atoms with Gasteiger partial charge in [-0.3, -0.25) is 4.79 Å². The van der Waals surface area contributed by atoms with Crippen LogP contribution in [-0.4, -0.2) is 5.91 Å². The average Bonchev–Trinajstić information content (AvgIpc) is 2.04. The van der Waals surface area contributed by atoms with Crippen LogP contribution in [0.4, 0.5) is 5.69 Å². The van der Waals surface area contributed by atoms with Crippen molar-refractivity contribution >= 4 is 11.6 Å². The molecule has 3 nitrogen and oxygen atoms in total. The summed E-state index contributed by atoms with van der Waals surface area (Å²) in [5, 5.41) is 11.2. The first-order chi connectivity index (χ1) is 5.74. The lowest BCUT2D eigenvalue weighted by atomic mass is 10.2. The molecule has 1 N–H and O–H groups in total. The Morgan fingerprint density at radius 3 is 2.75 bits per heavy atom. The van der Waals surface area contributed by atoms with Crippen molar-refractivity contribution in [3.63, 3.8) is 0 Å². The number of anilines is 1. The van der Waals surface area contributed by atoms with Gasteiger partial charge in [-0.15, -0.1) is 0 Å². The van der Waals surface area contributed by atoms with E-state index in [0.29, 0.717) is 11.3 Å². The Bertz CT molecular complexity index is 339. The smallest absolute Gasteiger partial charge is 0.221 e. The maximum atomic E-state index is 10.7. The zero-order chi connectivity index (χ0) is 8.97. The van der Waals surface area contributed by atoms with Crippen LogP contribution in [0.25, 0.3) is 0 Å². The van der Waals surface area contributed by atoms with Crippen molar-refractivity contribution in [3.05, 3.63) is 29.8 Å². The molecule has 0 heterocycles. The number of para-hydroxylation sites is 1. The fourth-order valence-corrected chi connectivity index (χ4v) is 0.879. The Balaban J connectivity index is 2.99. The summed E-state index contributed by atoms with van der Waals surface area (Å²) in [6.07, 6.45) is 0. The van der Waals surface area contributed by atoms with Crippen molar-refractivity contribution < 1.29 is 4.79 Å². The third-order valence-corrected chi connectivity index (χ3v) is 1.36. The lowest BCUT2D eigenvalue weighted by Gasteiger charge is -2.02. The molecule has 1 amide bonds. The van der Waals surface area contributed by atoms with Crippen LogP contribution in [0, 0.1) is 11.3 Å². The standard InChI is InChI=1S/C9H8N2O/c1-7(12)11-9-5-3-2-4-8(9)6-10/h2-5H,1H3,(H,11,12). The van der Waals surface area contributed by atoms with E-state index in [-0.39, 0.29) is 5.91 Å². The summed E-state index contributed by atoms with van der Waals surface area (Å²) in [5.41, 5.74) is 1.04. The van der Waals surface area contributed by atoms with Gasteiger partial charge >= 0.3 is 0 Å². The number of benzene rings is 1. The number of amides is 1. The molecule has 60 valence electrons. The highest BCUT2D eigenvalue weighted by Crippen LogP contribution is 2.12. The van der Waals surface area contributed by atoms with E-state index in [4.69, 9.17) is 5.26 Å². The fraction of sp³-hybridized carbons (Fsp3) is 0.111. The van der Waals surface area contributed by atoms with Gasteiger partial charge in [-0.05, 0) is 12.1 Å². The van der Waals surface area contributed by atoms with E-state index in [1.165, 1.54) is 6.92 Å². The molecule has 0 aromatic heterocycles. The van der Waals surface area contributed by atoms with Crippen LogP contribution in [-0.2, 0) is 4.79 Å². The zero-order valence-electron chi connectivity index (χ0n) is 6.66. The summed E-state index contributed by atoms with van der Waals surface area (Å²) in [6.45, 7) is 1.41. The second-order valence-corrected chi connectivity index (χ2v) is 2.34. The van der Waals surface area contributed by atoms with Gasteiger partial charge in [0.05, 0.1) is 11.3 Å². The van der Waals surface area contributed by atoms with Crippen molar-refractivity contribution in [1.29, 1.82) is 5.26 Å². The second kappa shape index (κ2) is 3.54. The van der Waals surface area contributed by atoms with Crippen molar-refractivity contribution in [1.82, 2.24) is 0 Å². The second-order valence-electron chi connectivity index (χ2n) is 2.34. The summed E-state index contributed by atoms with van der Waals surface area (Å²) in [5.74, 6) is -0.169. The Morgan fingerprint density at radius 1 is 1.50 bits per heavy atom. The van der Waals surface area contributed by atoms with Crippen molar-refractivity contribution in [2.75, 3.05) is 5.32 Å². The van der Waals surface area contributed by atoms with E-state index in [2.05, 4.69) is 5.32 Å². The molecule has 0 radical (unpaired) electrons. The Kier molecular flexibility index (Phi) is 2.44. The van der Waals surface area contributed by atoms with Gasteiger partial charge in [0.15, 0.2) is 0 Å². The zero-order valence-corrected chi connectivity index (χ0v) is 6.66. The molecule has 3 heteroatoms. The summed E-state index contributed by atoms with van der Waals surface area (Å²) < 4.78 is 0. The van der Waals surface area contributed by atoms with Crippen molar-refractivity contribution in [2.45, 2.75) is 6.92 Å². The summed E-state index contributed by atoms with van der Waals surface area (Å²) in [7, 11) is 0. The molecule has 0 spiro atoms. The normalized spacial score (nSPS) is 8.67. The third-order valence-electron chi connectivity index (χ3n) is 1.36. The molecule has 0 bridgehead atoms. The number of hydrogen-bond acceptors (Lipinski definition) is 2. The predicted molar refractivity (Wildman–Crippen MR) is 45.5 cm³/mol. The number of nitriles is 1. The molecule has 12 heavy (non-hydrogen) atoms. The van der Waals surface area contributed by atoms with E-state index in [1.807, 2.05) is 6.07 Å². The number of hydrogen-bond donors (Lipinski definition) is 1. The van der Waals surface area contributed by atoms with Crippen LogP contribution in [0.2, 0.25) is 0 Å². The number of carbonyl (C=O) groups is 1.